The van der Waals surface area contributed by atoms with Gasteiger partial charge in [-0.3, -0.25) is 10.1 Å². The molecule has 0 radical (unpaired) electrons. The third kappa shape index (κ3) is 2.56. The normalized spacial score (nSPS) is 10.6. The molecule has 0 saturated heterocycles. The molecule has 0 atom stereocenters. The van der Waals surface area contributed by atoms with E-state index in [0.717, 1.165) is 17.8 Å². The predicted molar refractivity (Wildman–Crippen MR) is 67.8 cm³/mol. The molecule has 0 aromatic carbocycles. The van der Waals surface area contributed by atoms with Gasteiger partial charge in [-0.15, -0.1) is 10.2 Å². The van der Waals surface area contributed by atoms with Crippen molar-refractivity contribution < 1.29 is 9.32 Å². The van der Waals surface area contributed by atoms with Crippen LogP contribution in [0.1, 0.15) is 40.2 Å². The minimum absolute atomic E-state index is 0.259. The molecule has 18 heavy (non-hydrogen) atoms. The summed E-state index contributed by atoms with van der Waals surface area (Å²) in [5.74, 6) is 0.244. The topological polar surface area (TPSA) is 80.9 Å². The van der Waals surface area contributed by atoms with E-state index in [4.69, 9.17) is 4.52 Å². The van der Waals surface area contributed by atoms with E-state index in [-0.39, 0.29) is 5.91 Å². The molecule has 0 aliphatic rings. The third-order valence-corrected chi connectivity index (χ3v) is 3.31. The van der Waals surface area contributed by atoms with Crippen LogP contribution in [0, 0.1) is 13.8 Å². The number of carbonyl (C=O) groups is 1. The van der Waals surface area contributed by atoms with E-state index in [1.54, 1.807) is 13.8 Å². The molecule has 0 spiro atoms. The maximum absolute atomic E-state index is 12.0. The Morgan fingerprint density at radius 2 is 2.17 bits per heavy atom. The Hall–Kier alpha value is -1.76. The highest BCUT2D eigenvalue weighted by molar-refractivity contribution is 7.15. The Kier molecular flexibility index (Phi) is 3.71. The number of nitrogens with zero attached hydrogens (tertiary/aromatic N) is 3. The number of hydrogen-bond donors (Lipinski definition) is 1. The summed E-state index contributed by atoms with van der Waals surface area (Å²) in [7, 11) is 0. The first-order chi connectivity index (χ1) is 8.61. The fraction of sp³-hybridized carbons (Fsp3) is 0.455. The van der Waals surface area contributed by atoms with Crippen molar-refractivity contribution in [3.63, 3.8) is 0 Å². The Morgan fingerprint density at radius 3 is 2.78 bits per heavy atom. The Bertz CT molecular complexity index is 542. The zero-order valence-electron chi connectivity index (χ0n) is 10.5. The lowest BCUT2D eigenvalue weighted by molar-refractivity contribution is 0.102. The van der Waals surface area contributed by atoms with Crippen LogP contribution in [0.2, 0.25) is 0 Å². The summed E-state index contributed by atoms with van der Waals surface area (Å²) in [5, 5.41) is 15.8. The number of carbonyl (C=O) groups excluding carboxylic acids is 1. The van der Waals surface area contributed by atoms with Gasteiger partial charge in [-0.25, -0.2) is 0 Å². The fourth-order valence-electron chi connectivity index (χ4n) is 1.59. The Labute approximate surface area is 108 Å². The Morgan fingerprint density at radius 1 is 1.39 bits per heavy atom. The number of aromatic nitrogens is 3. The van der Waals surface area contributed by atoms with Crippen LogP contribution in [0.25, 0.3) is 0 Å². The summed E-state index contributed by atoms with van der Waals surface area (Å²) in [6, 6.07) is 0. The number of amides is 1. The van der Waals surface area contributed by atoms with Crippen LogP contribution in [0.4, 0.5) is 5.13 Å². The number of rotatable bonds is 4. The molecule has 1 N–H and O–H groups in total. The van der Waals surface area contributed by atoms with Gasteiger partial charge in [0.15, 0.2) is 0 Å². The Balaban J connectivity index is 2.11. The van der Waals surface area contributed by atoms with Crippen LogP contribution in [0.5, 0.6) is 0 Å². The molecule has 2 heterocycles. The van der Waals surface area contributed by atoms with E-state index in [1.165, 1.54) is 11.3 Å². The van der Waals surface area contributed by atoms with Crippen molar-refractivity contribution in [3.8, 4) is 0 Å². The predicted octanol–water partition coefficient (Wildman–Crippen LogP) is 2.35. The second kappa shape index (κ2) is 5.26. The maximum atomic E-state index is 12.0. The van der Waals surface area contributed by atoms with Crippen LogP contribution in [-0.2, 0) is 6.42 Å². The summed E-state index contributed by atoms with van der Waals surface area (Å²) in [6.45, 7) is 5.51. The van der Waals surface area contributed by atoms with Gasteiger partial charge >= 0.3 is 0 Å². The van der Waals surface area contributed by atoms with Gasteiger partial charge < -0.3 is 4.52 Å². The number of aryl methyl sites for hydroxylation is 3. The minimum Gasteiger partial charge on any atom is -0.361 e. The molecule has 2 aromatic rings. The summed E-state index contributed by atoms with van der Waals surface area (Å²) in [4.78, 5) is 12.0. The molecule has 96 valence electrons. The van der Waals surface area contributed by atoms with Crippen LogP contribution >= 0.6 is 11.3 Å². The molecule has 0 aliphatic carbocycles. The molecular formula is C11H14N4O2S. The average molecular weight is 266 g/mol. The van der Waals surface area contributed by atoms with Crippen molar-refractivity contribution in [2.75, 3.05) is 5.32 Å². The number of hydrogen-bond acceptors (Lipinski definition) is 6. The average Bonchev–Trinajstić information content (AvgIpc) is 2.87. The lowest BCUT2D eigenvalue weighted by Gasteiger charge is -1.99. The SMILES string of the molecule is CCCc1nnc(NC(=O)c2c(C)noc2C)s1. The molecule has 1 amide bonds. The molecule has 7 heteroatoms. The van der Waals surface area contributed by atoms with Gasteiger partial charge in [-0.2, -0.15) is 0 Å². The molecule has 2 rings (SSSR count). The first-order valence-corrected chi connectivity index (χ1v) is 6.50. The van der Waals surface area contributed by atoms with E-state index >= 15 is 0 Å². The van der Waals surface area contributed by atoms with Crippen LogP contribution in [-0.4, -0.2) is 21.3 Å². The molecule has 0 saturated carbocycles. The van der Waals surface area contributed by atoms with Gasteiger partial charge in [0.25, 0.3) is 5.91 Å². The van der Waals surface area contributed by atoms with Gasteiger partial charge in [-0.05, 0) is 20.3 Å². The lowest BCUT2D eigenvalue weighted by atomic mass is 10.2. The first-order valence-electron chi connectivity index (χ1n) is 5.68. The van der Waals surface area contributed by atoms with Crippen LogP contribution in [0.3, 0.4) is 0 Å². The van der Waals surface area contributed by atoms with E-state index in [9.17, 15) is 4.79 Å². The summed E-state index contributed by atoms with van der Waals surface area (Å²) < 4.78 is 4.95. The van der Waals surface area contributed by atoms with Crippen molar-refractivity contribution in [2.45, 2.75) is 33.6 Å². The smallest absolute Gasteiger partial charge is 0.263 e. The second-order valence-corrected chi connectivity index (χ2v) is 4.97. The van der Waals surface area contributed by atoms with Crippen molar-refractivity contribution in [3.05, 3.63) is 22.0 Å². The monoisotopic (exact) mass is 266 g/mol. The minimum atomic E-state index is -0.259. The third-order valence-electron chi connectivity index (χ3n) is 2.41. The molecule has 0 fully saturated rings. The highest BCUT2D eigenvalue weighted by atomic mass is 32.1. The highest BCUT2D eigenvalue weighted by Gasteiger charge is 2.18. The zero-order chi connectivity index (χ0) is 13.1. The summed E-state index contributed by atoms with van der Waals surface area (Å²) in [6.07, 6.45) is 1.88. The molecule has 2 aromatic heterocycles. The second-order valence-electron chi connectivity index (χ2n) is 3.90. The van der Waals surface area contributed by atoms with Crippen molar-refractivity contribution in [1.29, 1.82) is 0 Å². The van der Waals surface area contributed by atoms with Crippen LogP contribution < -0.4 is 5.32 Å². The zero-order valence-corrected chi connectivity index (χ0v) is 11.3. The quantitative estimate of drug-likeness (QED) is 0.918. The summed E-state index contributed by atoms with van der Waals surface area (Å²) in [5.41, 5.74) is 1.03. The fourth-order valence-corrected chi connectivity index (χ4v) is 2.42. The van der Waals surface area contributed by atoms with Crippen molar-refractivity contribution >= 4 is 22.4 Å². The number of nitrogens with one attached hydrogen (secondary N) is 1. The lowest BCUT2D eigenvalue weighted by Crippen LogP contribution is -2.13. The first kappa shape index (κ1) is 12.7. The van der Waals surface area contributed by atoms with Gasteiger partial charge in [-0.1, -0.05) is 23.4 Å². The molecule has 0 aliphatic heterocycles. The van der Waals surface area contributed by atoms with Gasteiger partial charge in [0, 0.05) is 6.42 Å². The van der Waals surface area contributed by atoms with E-state index in [1.807, 2.05) is 0 Å². The van der Waals surface area contributed by atoms with Gasteiger partial charge in [0.05, 0.1) is 5.69 Å². The number of anilines is 1. The maximum Gasteiger partial charge on any atom is 0.263 e. The largest absolute Gasteiger partial charge is 0.361 e. The van der Waals surface area contributed by atoms with Gasteiger partial charge in [0.2, 0.25) is 5.13 Å². The van der Waals surface area contributed by atoms with Gasteiger partial charge in [0.1, 0.15) is 16.3 Å². The molecule has 0 bridgehead atoms. The summed E-state index contributed by atoms with van der Waals surface area (Å²) >= 11 is 1.39. The molecule has 6 nitrogen and oxygen atoms in total. The van der Waals surface area contributed by atoms with Crippen molar-refractivity contribution in [2.24, 2.45) is 0 Å². The standard InChI is InChI=1S/C11H14N4O2S/c1-4-5-8-13-14-11(18-8)12-10(16)9-6(2)15-17-7(9)3/h4-5H2,1-3H3,(H,12,14,16). The molecule has 0 unspecified atom stereocenters. The highest BCUT2D eigenvalue weighted by Crippen LogP contribution is 2.19. The van der Waals surface area contributed by atoms with Crippen molar-refractivity contribution in [1.82, 2.24) is 15.4 Å². The van der Waals surface area contributed by atoms with E-state index in [0.29, 0.717) is 22.1 Å². The van der Waals surface area contributed by atoms with E-state index in [2.05, 4.69) is 27.6 Å². The van der Waals surface area contributed by atoms with E-state index < -0.39 is 0 Å². The molecular weight excluding hydrogens is 252 g/mol. The van der Waals surface area contributed by atoms with Crippen LogP contribution in [0.15, 0.2) is 4.52 Å².